The second kappa shape index (κ2) is 7.41. The Morgan fingerprint density at radius 2 is 1.84 bits per heavy atom. The first-order valence-corrected chi connectivity index (χ1v) is 9.90. The van der Waals surface area contributed by atoms with Crippen molar-refractivity contribution < 1.29 is 13.2 Å². The van der Waals surface area contributed by atoms with Gasteiger partial charge in [0.1, 0.15) is 10.6 Å². The third kappa shape index (κ3) is 3.93. The minimum atomic E-state index is -3.53. The van der Waals surface area contributed by atoms with Crippen molar-refractivity contribution in [2.24, 2.45) is 0 Å². The molecule has 1 saturated heterocycles. The molecule has 1 fully saturated rings. The van der Waals surface area contributed by atoms with E-state index in [0.29, 0.717) is 19.6 Å². The lowest BCUT2D eigenvalue weighted by molar-refractivity contribution is 0.0780. The Labute approximate surface area is 148 Å². The highest BCUT2D eigenvalue weighted by atomic mass is 32.2. The van der Waals surface area contributed by atoms with Crippen molar-refractivity contribution in [1.82, 2.24) is 14.2 Å². The quantitative estimate of drug-likeness (QED) is 0.889. The molecule has 3 rings (SSSR count). The van der Waals surface area contributed by atoms with Crippen LogP contribution in [0.2, 0.25) is 0 Å². The van der Waals surface area contributed by atoms with Gasteiger partial charge in [0.05, 0.1) is 0 Å². The summed E-state index contributed by atoms with van der Waals surface area (Å²) >= 11 is 0. The van der Waals surface area contributed by atoms with Gasteiger partial charge in [0.15, 0.2) is 0 Å². The predicted molar refractivity (Wildman–Crippen MR) is 95.6 cm³/mol. The minimum Gasteiger partial charge on any atom is -0.356 e. The van der Waals surface area contributed by atoms with Crippen molar-refractivity contribution in [2.45, 2.75) is 30.7 Å². The fourth-order valence-corrected chi connectivity index (χ4v) is 4.55. The van der Waals surface area contributed by atoms with Crippen LogP contribution < -0.4 is 0 Å². The standard InChI is InChI=1S/C18H23N3O3S/c1-20(14-15-8-4-2-5-9-15)18(22)17-12-16(13-19-17)25(23,24)21-10-6-3-7-11-21/h2,4-5,8-9,12-13,19H,3,6-7,10-11,14H2,1H3. The summed E-state index contributed by atoms with van der Waals surface area (Å²) in [5, 5.41) is 0. The first-order chi connectivity index (χ1) is 12.0. The van der Waals surface area contributed by atoms with Gasteiger partial charge >= 0.3 is 0 Å². The van der Waals surface area contributed by atoms with E-state index in [1.165, 1.54) is 16.6 Å². The molecule has 1 aromatic carbocycles. The average molecular weight is 361 g/mol. The molecule has 1 aromatic heterocycles. The first-order valence-electron chi connectivity index (χ1n) is 8.46. The molecule has 0 radical (unpaired) electrons. The Hall–Kier alpha value is -2.12. The van der Waals surface area contributed by atoms with Crippen LogP contribution in [0.4, 0.5) is 0 Å². The predicted octanol–water partition coefficient (Wildman–Crippen LogP) is 2.46. The van der Waals surface area contributed by atoms with Crippen molar-refractivity contribution in [3.63, 3.8) is 0 Å². The largest absolute Gasteiger partial charge is 0.356 e. The summed E-state index contributed by atoms with van der Waals surface area (Å²) in [7, 11) is -1.82. The lowest BCUT2D eigenvalue weighted by Crippen LogP contribution is -2.35. The van der Waals surface area contributed by atoms with E-state index in [4.69, 9.17) is 0 Å². The number of nitrogens with one attached hydrogen (secondary N) is 1. The Morgan fingerprint density at radius 3 is 2.52 bits per heavy atom. The molecule has 1 aliphatic rings. The molecule has 0 unspecified atom stereocenters. The number of hydrogen-bond acceptors (Lipinski definition) is 3. The van der Waals surface area contributed by atoms with Crippen molar-refractivity contribution in [3.05, 3.63) is 53.9 Å². The third-order valence-electron chi connectivity index (χ3n) is 4.45. The Bertz CT molecular complexity index is 824. The van der Waals surface area contributed by atoms with Crippen LogP contribution in [0.1, 0.15) is 35.3 Å². The molecular formula is C18H23N3O3S. The molecule has 0 saturated carbocycles. The number of piperidine rings is 1. The highest BCUT2D eigenvalue weighted by molar-refractivity contribution is 7.89. The van der Waals surface area contributed by atoms with E-state index in [1.807, 2.05) is 30.3 Å². The molecule has 0 bridgehead atoms. The molecule has 1 N–H and O–H groups in total. The summed E-state index contributed by atoms with van der Waals surface area (Å²) in [6, 6.07) is 11.1. The second-order valence-electron chi connectivity index (χ2n) is 6.36. The molecule has 25 heavy (non-hydrogen) atoms. The van der Waals surface area contributed by atoms with E-state index < -0.39 is 10.0 Å². The van der Waals surface area contributed by atoms with Gasteiger partial charge in [-0.1, -0.05) is 36.8 Å². The fraction of sp³-hybridized carbons (Fsp3) is 0.389. The lowest BCUT2D eigenvalue weighted by atomic mass is 10.2. The zero-order chi connectivity index (χ0) is 17.9. The minimum absolute atomic E-state index is 0.158. The summed E-state index contributed by atoms with van der Waals surface area (Å²) in [5.74, 6) is -0.232. The number of nitrogens with zero attached hydrogens (tertiary/aromatic N) is 2. The Morgan fingerprint density at radius 1 is 1.16 bits per heavy atom. The van der Waals surface area contributed by atoms with Gasteiger partial charge in [0.25, 0.3) is 5.91 Å². The summed E-state index contributed by atoms with van der Waals surface area (Å²) in [4.78, 5) is 17.1. The molecule has 7 heteroatoms. The van der Waals surface area contributed by atoms with Crippen LogP contribution in [0.3, 0.4) is 0 Å². The van der Waals surface area contributed by atoms with Crippen LogP contribution >= 0.6 is 0 Å². The van der Waals surface area contributed by atoms with Gasteiger partial charge in [0.2, 0.25) is 10.0 Å². The van der Waals surface area contributed by atoms with E-state index in [2.05, 4.69) is 4.98 Å². The number of rotatable bonds is 5. The molecule has 1 aliphatic heterocycles. The van der Waals surface area contributed by atoms with Gasteiger partial charge < -0.3 is 9.88 Å². The molecule has 134 valence electrons. The second-order valence-corrected chi connectivity index (χ2v) is 8.30. The Balaban J connectivity index is 1.73. The number of aromatic amines is 1. The molecule has 0 atom stereocenters. The number of amides is 1. The summed E-state index contributed by atoms with van der Waals surface area (Å²) in [5.41, 5.74) is 1.31. The number of carbonyl (C=O) groups excluding carboxylic acids is 1. The maximum atomic E-state index is 12.7. The molecule has 2 heterocycles. The normalized spacial score (nSPS) is 15.9. The van der Waals surface area contributed by atoms with Crippen molar-refractivity contribution in [3.8, 4) is 0 Å². The highest BCUT2D eigenvalue weighted by Crippen LogP contribution is 2.21. The van der Waals surface area contributed by atoms with Crippen LogP contribution in [0, 0.1) is 0 Å². The number of hydrogen-bond donors (Lipinski definition) is 1. The molecule has 0 spiro atoms. The lowest BCUT2D eigenvalue weighted by Gasteiger charge is -2.25. The molecule has 6 nitrogen and oxygen atoms in total. The zero-order valence-corrected chi connectivity index (χ0v) is 15.1. The first kappa shape index (κ1) is 17.7. The van der Waals surface area contributed by atoms with E-state index >= 15 is 0 Å². The number of carbonyl (C=O) groups is 1. The molecular weight excluding hydrogens is 338 g/mol. The SMILES string of the molecule is CN(Cc1ccccc1)C(=O)c1cc(S(=O)(=O)N2CCCCC2)c[nH]1. The van der Waals surface area contributed by atoms with Gasteiger partial charge in [0, 0.05) is 32.9 Å². The van der Waals surface area contributed by atoms with Crippen LogP contribution in [0.25, 0.3) is 0 Å². The smallest absolute Gasteiger partial charge is 0.270 e. The summed E-state index contributed by atoms with van der Waals surface area (Å²) < 4.78 is 26.8. The highest BCUT2D eigenvalue weighted by Gasteiger charge is 2.28. The molecule has 1 amide bonds. The van der Waals surface area contributed by atoms with Gasteiger partial charge in [-0.05, 0) is 24.5 Å². The average Bonchev–Trinajstić information content (AvgIpc) is 3.13. The van der Waals surface area contributed by atoms with Crippen LogP contribution in [0.5, 0.6) is 0 Å². The number of benzene rings is 1. The van der Waals surface area contributed by atoms with E-state index in [0.717, 1.165) is 24.8 Å². The van der Waals surface area contributed by atoms with Gasteiger partial charge in [-0.15, -0.1) is 0 Å². The summed E-state index contributed by atoms with van der Waals surface area (Å²) in [6.07, 6.45) is 4.24. The summed E-state index contributed by atoms with van der Waals surface area (Å²) in [6.45, 7) is 1.56. The van der Waals surface area contributed by atoms with Gasteiger partial charge in [-0.3, -0.25) is 4.79 Å². The Kier molecular flexibility index (Phi) is 5.24. The van der Waals surface area contributed by atoms with Crippen LogP contribution in [-0.2, 0) is 16.6 Å². The molecule has 0 aliphatic carbocycles. The van der Waals surface area contributed by atoms with Gasteiger partial charge in [-0.2, -0.15) is 4.31 Å². The van der Waals surface area contributed by atoms with E-state index in [1.54, 1.807) is 11.9 Å². The van der Waals surface area contributed by atoms with Crippen molar-refractivity contribution in [2.75, 3.05) is 20.1 Å². The van der Waals surface area contributed by atoms with Crippen LogP contribution in [0.15, 0.2) is 47.5 Å². The monoisotopic (exact) mass is 361 g/mol. The van der Waals surface area contributed by atoms with Crippen LogP contribution in [-0.4, -0.2) is 48.7 Å². The maximum absolute atomic E-state index is 12.7. The number of H-pyrrole nitrogens is 1. The topological polar surface area (TPSA) is 73.5 Å². The third-order valence-corrected chi connectivity index (χ3v) is 6.33. The number of aromatic nitrogens is 1. The van der Waals surface area contributed by atoms with E-state index in [-0.39, 0.29) is 16.5 Å². The molecule has 2 aromatic rings. The van der Waals surface area contributed by atoms with Gasteiger partial charge in [-0.25, -0.2) is 8.42 Å². The maximum Gasteiger partial charge on any atom is 0.270 e. The number of sulfonamides is 1. The zero-order valence-electron chi connectivity index (χ0n) is 14.3. The van der Waals surface area contributed by atoms with Crippen molar-refractivity contribution in [1.29, 1.82) is 0 Å². The van der Waals surface area contributed by atoms with E-state index in [9.17, 15) is 13.2 Å². The van der Waals surface area contributed by atoms with Crippen molar-refractivity contribution >= 4 is 15.9 Å². The fourth-order valence-electron chi connectivity index (χ4n) is 3.04.